The van der Waals surface area contributed by atoms with Gasteiger partial charge in [0.2, 0.25) is 5.91 Å². The Bertz CT molecular complexity index is 460. The summed E-state index contributed by atoms with van der Waals surface area (Å²) in [5.41, 5.74) is 2.26. The van der Waals surface area contributed by atoms with Gasteiger partial charge in [-0.1, -0.05) is 43.7 Å². The van der Waals surface area contributed by atoms with E-state index in [1.54, 1.807) is 11.9 Å². The fraction of sp³-hybridized carbons (Fsp3) is 0.467. The number of hydrogen-bond acceptors (Lipinski definition) is 2. The highest BCUT2D eigenvalue weighted by Gasteiger charge is 2.24. The third kappa shape index (κ3) is 3.59. The summed E-state index contributed by atoms with van der Waals surface area (Å²) in [5, 5.41) is 9.03. The van der Waals surface area contributed by atoms with E-state index >= 15 is 0 Å². The molecule has 1 aromatic carbocycles. The number of nitriles is 1. The highest BCUT2D eigenvalue weighted by Crippen LogP contribution is 2.15. The van der Waals surface area contributed by atoms with Gasteiger partial charge in [-0.05, 0) is 18.4 Å². The lowest BCUT2D eigenvalue weighted by Crippen LogP contribution is -2.34. The van der Waals surface area contributed by atoms with Gasteiger partial charge >= 0.3 is 0 Å². The Morgan fingerprint density at radius 2 is 2.11 bits per heavy atom. The summed E-state index contributed by atoms with van der Waals surface area (Å²) < 4.78 is 0. The Kier molecular flexibility index (Phi) is 4.91. The van der Waals surface area contributed by atoms with Gasteiger partial charge in [0.05, 0.1) is 6.07 Å². The van der Waals surface area contributed by atoms with Gasteiger partial charge in [-0.2, -0.15) is 5.26 Å². The molecule has 0 saturated heterocycles. The number of nitrogens with zero attached hydrogens (tertiary/aromatic N) is 2. The minimum Gasteiger partial charge on any atom is -0.340 e. The molecule has 0 aliphatic rings. The van der Waals surface area contributed by atoms with Gasteiger partial charge in [-0.25, -0.2) is 0 Å². The Labute approximate surface area is 109 Å². The zero-order valence-corrected chi connectivity index (χ0v) is 11.5. The first-order chi connectivity index (χ1) is 8.45. The Morgan fingerprint density at radius 1 is 1.44 bits per heavy atom. The van der Waals surface area contributed by atoms with E-state index < -0.39 is 5.92 Å². The van der Waals surface area contributed by atoms with E-state index in [0.717, 1.165) is 5.56 Å². The molecule has 18 heavy (non-hydrogen) atoms. The third-order valence-electron chi connectivity index (χ3n) is 2.95. The lowest BCUT2D eigenvalue weighted by atomic mass is 9.96. The van der Waals surface area contributed by atoms with E-state index in [4.69, 9.17) is 5.26 Å². The van der Waals surface area contributed by atoms with Crippen LogP contribution >= 0.6 is 0 Å². The van der Waals surface area contributed by atoms with Crippen LogP contribution in [0.25, 0.3) is 0 Å². The van der Waals surface area contributed by atoms with Gasteiger partial charge in [-0.3, -0.25) is 4.79 Å². The van der Waals surface area contributed by atoms with Crippen LogP contribution in [0.1, 0.15) is 25.0 Å². The molecule has 1 unspecified atom stereocenters. The van der Waals surface area contributed by atoms with Crippen molar-refractivity contribution in [2.45, 2.75) is 27.3 Å². The van der Waals surface area contributed by atoms with Crippen molar-refractivity contribution in [3.63, 3.8) is 0 Å². The summed E-state index contributed by atoms with van der Waals surface area (Å²) in [6.45, 7) is 6.36. The van der Waals surface area contributed by atoms with Gasteiger partial charge in [0.1, 0.15) is 5.92 Å². The Morgan fingerprint density at radius 3 is 2.61 bits per heavy atom. The first-order valence-corrected chi connectivity index (χ1v) is 6.16. The van der Waals surface area contributed by atoms with Crippen molar-refractivity contribution in [3.8, 4) is 6.07 Å². The van der Waals surface area contributed by atoms with Crippen molar-refractivity contribution < 1.29 is 4.79 Å². The highest BCUT2D eigenvalue weighted by molar-refractivity contribution is 5.81. The van der Waals surface area contributed by atoms with Crippen molar-refractivity contribution in [1.29, 1.82) is 5.26 Å². The molecule has 1 amide bonds. The molecule has 0 aliphatic carbocycles. The molecule has 1 rings (SSSR count). The summed E-state index contributed by atoms with van der Waals surface area (Å²) in [6, 6.07) is 10.1. The minimum atomic E-state index is -0.556. The Hall–Kier alpha value is -1.82. The second kappa shape index (κ2) is 6.20. The molecule has 0 fully saturated rings. The van der Waals surface area contributed by atoms with Crippen LogP contribution < -0.4 is 0 Å². The molecule has 0 bridgehead atoms. The van der Waals surface area contributed by atoms with Gasteiger partial charge in [0, 0.05) is 13.6 Å². The lowest BCUT2D eigenvalue weighted by molar-refractivity contribution is -0.134. The second-order valence-corrected chi connectivity index (χ2v) is 5.03. The first-order valence-electron chi connectivity index (χ1n) is 6.16. The topological polar surface area (TPSA) is 44.1 Å². The molecule has 0 aromatic heterocycles. The predicted molar refractivity (Wildman–Crippen MR) is 71.6 cm³/mol. The molecule has 3 nitrogen and oxygen atoms in total. The molecule has 0 heterocycles. The molecule has 0 spiro atoms. The maximum Gasteiger partial charge on any atom is 0.240 e. The average molecular weight is 244 g/mol. The van der Waals surface area contributed by atoms with Crippen molar-refractivity contribution in [3.05, 3.63) is 35.4 Å². The normalized spacial score (nSPS) is 12.0. The number of rotatable bonds is 4. The largest absolute Gasteiger partial charge is 0.340 e. The summed E-state index contributed by atoms with van der Waals surface area (Å²) in [5.74, 6) is -0.615. The number of amides is 1. The summed E-state index contributed by atoms with van der Waals surface area (Å²) in [6.07, 6.45) is 0. The van der Waals surface area contributed by atoms with Gasteiger partial charge in [-0.15, -0.1) is 0 Å². The predicted octanol–water partition coefficient (Wildman–Crippen LogP) is 2.75. The van der Waals surface area contributed by atoms with Crippen LogP contribution in [0.4, 0.5) is 0 Å². The molecule has 0 aliphatic heterocycles. The van der Waals surface area contributed by atoms with Crippen LogP contribution in [0, 0.1) is 30.1 Å². The summed E-state index contributed by atoms with van der Waals surface area (Å²) >= 11 is 0. The van der Waals surface area contributed by atoms with Crippen molar-refractivity contribution in [2.75, 3.05) is 7.05 Å². The number of carbonyl (C=O) groups excluding carboxylic acids is 1. The molecule has 3 heteroatoms. The van der Waals surface area contributed by atoms with E-state index in [1.807, 2.05) is 39.0 Å². The zero-order chi connectivity index (χ0) is 13.7. The standard InChI is InChI=1S/C15H20N2O/c1-11(2)14(9-16)15(18)17(4)10-13-7-5-6-12(3)8-13/h5-8,11,14H,10H2,1-4H3. The molecule has 1 aromatic rings. The molecule has 0 radical (unpaired) electrons. The van der Waals surface area contributed by atoms with Crippen LogP contribution in [-0.2, 0) is 11.3 Å². The summed E-state index contributed by atoms with van der Waals surface area (Å²) in [4.78, 5) is 13.7. The van der Waals surface area contributed by atoms with Crippen LogP contribution in [0.2, 0.25) is 0 Å². The molecular weight excluding hydrogens is 224 g/mol. The minimum absolute atomic E-state index is 0.0439. The van der Waals surface area contributed by atoms with E-state index in [1.165, 1.54) is 5.56 Å². The van der Waals surface area contributed by atoms with E-state index in [2.05, 4.69) is 12.1 Å². The van der Waals surface area contributed by atoms with E-state index in [0.29, 0.717) is 6.54 Å². The van der Waals surface area contributed by atoms with Crippen molar-refractivity contribution in [2.24, 2.45) is 11.8 Å². The fourth-order valence-electron chi connectivity index (χ4n) is 1.89. The average Bonchev–Trinajstić information content (AvgIpc) is 2.29. The second-order valence-electron chi connectivity index (χ2n) is 5.03. The monoisotopic (exact) mass is 244 g/mol. The molecule has 0 N–H and O–H groups in total. The smallest absolute Gasteiger partial charge is 0.240 e. The molecule has 0 saturated carbocycles. The van der Waals surface area contributed by atoms with Crippen molar-refractivity contribution >= 4 is 5.91 Å². The maximum atomic E-state index is 12.1. The number of aryl methyl sites for hydroxylation is 1. The lowest BCUT2D eigenvalue weighted by Gasteiger charge is -2.22. The highest BCUT2D eigenvalue weighted by atomic mass is 16.2. The Balaban J connectivity index is 2.74. The number of carbonyl (C=O) groups is 1. The van der Waals surface area contributed by atoms with Gasteiger partial charge in [0.15, 0.2) is 0 Å². The van der Waals surface area contributed by atoms with Gasteiger partial charge in [0.25, 0.3) is 0 Å². The first kappa shape index (κ1) is 14.2. The summed E-state index contributed by atoms with van der Waals surface area (Å²) in [7, 11) is 1.75. The van der Waals surface area contributed by atoms with Crippen LogP contribution in [0.3, 0.4) is 0 Å². The number of hydrogen-bond donors (Lipinski definition) is 0. The zero-order valence-electron chi connectivity index (χ0n) is 11.5. The quantitative estimate of drug-likeness (QED) is 0.817. The van der Waals surface area contributed by atoms with Crippen LogP contribution in [0.5, 0.6) is 0 Å². The molecule has 1 atom stereocenters. The van der Waals surface area contributed by atoms with E-state index in [-0.39, 0.29) is 11.8 Å². The van der Waals surface area contributed by atoms with Crippen LogP contribution in [0.15, 0.2) is 24.3 Å². The van der Waals surface area contributed by atoms with E-state index in [9.17, 15) is 4.79 Å². The van der Waals surface area contributed by atoms with Crippen LogP contribution in [-0.4, -0.2) is 17.9 Å². The molecular formula is C15H20N2O. The van der Waals surface area contributed by atoms with Crippen molar-refractivity contribution in [1.82, 2.24) is 4.90 Å². The number of benzene rings is 1. The third-order valence-corrected chi connectivity index (χ3v) is 2.95. The fourth-order valence-corrected chi connectivity index (χ4v) is 1.89. The SMILES string of the molecule is Cc1cccc(CN(C)C(=O)C(C#N)C(C)C)c1. The molecule has 96 valence electrons. The van der Waals surface area contributed by atoms with Gasteiger partial charge < -0.3 is 4.90 Å². The maximum absolute atomic E-state index is 12.1.